The maximum atomic E-state index is 12.0. The number of nitrogens with one attached hydrogen (secondary N) is 1. The summed E-state index contributed by atoms with van der Waals surface area (Å²) in [6, 6.07) is 6.38. The van der Waals surface area contributed by atoms with Crippen LogP contribution in [0, 0.1) is 0 Å². The molecule has 1 fully saturated rings. The zero-order chi connectivity index (χ0) is 16.1. The summed E-state index contributed by atoms with van der Waals surface area (Å²) in [5.74, 6) is -0.692. The van der Waals surface area contributed by atoms with Crippen molar-refractivity contribution >= 4 is 23.5 Å². The average molecular weight is 327 g/mol. The molecule has 1 amide bonds. The highest BCUT2D eigenvalue weighted by molar-refractivity contribution is 6.31. The summed E-state index contributed by atoms with van der Waals surface area (Å²) in [6.07, 6.45) is -0.878. The lowest BCUT2D eigenvalue weighted by Crippen LogP contribution is -2.56. The molecule has 1 aromatic rings. The number of halogens is 1. The first-order chi connectivity index (χ1) is 10.5. The SMILES string of the molecule is COC(=O)C[C@@H]1C(=O)NCCN1C[C@@H](O)c1ccccc1Cl. The molecule has 2 rings (SSSR count). The minimum absolute atomic E-state index is 0.0441. The van der Waals surface area contributed by atoms with Crippen molar-refractivity contribution in [3.05, 3.63) is 34.9 Å². The number of methoxy groups -OCH3 is 1. The van der Waals surface area contributed by atoms with Gasteiger partial charge in [-0.2, -0.15) is 0 Å². The van der Waals surface area contributed by atoms with E-state index in [-0.39, 0.29) is 18.9 Å². The first-order valence-corrected chi connectivity index (χ1v) is 7.41. The van der Waals surface area contributed by atoms with Crippen LogP contribution in [0.25, 0.3) is 0 Å². The van der Waals surface area contributed by atoms with Gasteiger partial charge in [-0.15, -0.1) is 0 Å². The summed E-state index contributed by atoms with van der Waals surface area (Å²) in [5.41, 5.74) is 0.604. The predicted octanol–water partition coefficient (Wildman–Crippen LogP) is 0.737. The Hall–Kier alpha value is -1.63. The normalized spacial score (nSPS) is 20.3. The molecular weight excluding hydrogens is 308 g/mol. The van der Waals surface area contributed by atoms with Crippen LogP contribution in [0.1, 0.15) is 18.1 Å². The Bertz CT molecular complexity index is 552. The molecule has 6 nitrogen and oxygen atoms in total. The summed E-state index contributed by atoms with van der Waals surface area (Å²) >= 11 is 6.08. The first-order valence-electron chi connectivity index (χ1n) is 7.04. The molecule has 0 aromatic heterocycles. The van der Waals surface area contributed by atoms with Gasteiger partial charge in [-0.3, -0.25) is 14.5 Å². The monoisotopic (exact) mass is 326 g/mol. The van der Waals surface area contributed by atoms with E-state index in [0.717, 1.165) is 0 Å². The van der Waals surface area contributed by atoms with E-state index in [9.17, 15) is 14.7 Å². The van der Waals surface area contributed by atoms with Crippen LogP contribution in [0.15, 0.2) is 24.3 Å². The van der Waals surface area contributed by atoms with Crippen molar-refractivity contribution < 1.29 is 19.4 Å². The number of nitrogens with zero attached hydrogens (tertiary/aromatic N) is 1. The Labute approximate surface area is 134 Å². The van der Waals surface area contributed by atoms with E-state index in [0.29, 0.717) is 23.7 Å². The average Bonchev–Trinajstić information content (AvgIpc) is 2.50. The molecule has 7 heteroatoms. The van der Waals surface area contributed by atoms with E-state index in [2.05, 4.69) is 10.1 Å². The number of ether oxygens (including phenoxy) is 1. The standard InChI is InChI=1S/C15H19ClN2O4/c1-22-14(20)8-12-15(21)17-6-7-18(12)9-13(19)10-4-2-3-5-11(10)16/h2-5,12-13,19H,6-9H2,1H3,(H,17,21)/t12-,13-/m1/s1. The second-order valence-electron chi connectivity index (χ2n) is 5.12. The summed E-state index contributed by atoms with van der Waals surface area (Å²) in [6.45, 7) is 1.25. The van der Waals surface area contributed by atoms with E-state index in [4.69, 9.17) is 11.6 Å². The molecule has 0 radical (unpaired) electrons. The Morgan fingerprint density at radius 3 is 2.95 bits per heavy atom. The zero-order valence-electron chi connectivity index (χ0n) is 12.3. The molecule has 1 aromatic carbocycles. The van der Waals surface area contributed by atoms with Gasteiger partial charge in [-0.1, -0.05) is 29.8 Å². The lowest BCUT2D eigenvalue weighted by Gasteiger charge is -2.35. The molecule has 1 aliphatic heterocycles. The van der Waals surface area contributed by atoms with Crippen molar-refractivity contribution in [2.24, 2.45) is 0 Å². The number of β-amino-alcohol motifs (C(OH)–C–C–N with tert-alkyl or cyclic N) is 1. The fraction of sp³-hybridized carbons (Fsp3) is 0.467. The number of aliphatic hydroxyl groups is 1. The van der Waals surface area contributed by atoms with E-state index in [1.165, 1.54) is 7.11 Å². The first kappa shape index (κ1) is 16.7. The van der Waals surface area contributed by atoms with Crippen molar-refractivity contribution in [2.75, 3.05) is 26.7 Å². The predicted molar refractivity (Wildman–Crippen MR) is 81.4 cm³/mol. The minimum atomic E-state index is -0.834. The highest BCUT2D eigenvalue weighted by atomic mass is 35.5. The molecule has 1 saturated heterocycles. The second-order valence-corrected chi connectivity index (χ2v) is 5.53. The highest BCUT2D eigenvalue weighted by Crippen LogP contribution is 2.24. The van der Waals surface area contributed by atoms with E-state index in [1.807, 2.05) is 0 Å². The molecule has 2 atom stereocenters. The lowest BCUT2D eigenvalue weighted by atomic mass is 10.0. The fourth-order valence-corrected chi connectivity index (χ4v) is 2.77. The summed E-state index contributed by atoms with van der Waals surface area (Å²) in [7, 11) is 1.28. The van der Waals surface area contributed by atoms with Crippen LogP contribution < -0.4 is 5.32 Å². The maximum absolute atomic E-state index is 12.0. The largest absolute Gasteiger partial charge is 0.469 e. The Morgan fingerprint density at radius 1 is 1.55 bits per heavy atom. The second kappa shape index (κ2) is 7.58. The van der Waals surface area contributed by atoms with Crippen molar-refractivity contribution in [1.82, 2.24) is 10.2 Å². The maximum Gasteiger partial charge on any atom is 0.307 e. The van der Waals surface area contributed by atoms with E-state index >= 15 is 0 Å². The zero-order valence-corrected chi connectivity index (χ0v) is 13.0. The van der Waals surface area contributed by atoms with Gasteiger partial charge in [-0.25, -0.2) is 0 Å². The Balaban J connectivity index is 2.09. The third-order valence-electron chi connectivity index (χ3n) is 3.70. The van der Waals surface area contributed by atoms with Gasteiger partial charge in [-0.05, 0) is 6.07 Å². The van der Waals surface area contributed by atoms with Crippen LogP contribution in [-0.4, -0.2) is 54.7 Å². The number of rotatable bonds is 5. The number of carbonyl (C=O) groups excluding carboxylic acids is 2. The van der Waals surface area contributed by atoms with Crippen molar-refractivity contribution in [3.8, 4) is 0 Å². The molecule has 2 N–H and O–H groups in total. The van der Waals surface area contributed by atoms with Gasteiger partial charge in [0.25, 0.3) is 0 Å². The summed E-state index contributed by atoms with van der Waals surface area (Å²) in [4.78, 5) is 25.2. The molecule has 1 aliphatic rings. The quantitative estimate of drug-likeness (QED) is 0.780. The van der Waals surface area contributed by atoms with Crippen LogP contribution in [0.2, 0.25) is 5.02 Å². The Kier molecular flexibility index (Phi) is 5.76. The molecule has 0 aliphatic carbocycles. The molecule has 120 valence electrons. The molecule has 0 saturated carbocycles. The van der Waals surface area contributed by atoms with Gasteiger partial charge in [0.1, 0.15) is 0 Å². The molecule has 22 heavy (non-hydrogen) atoms. The number of amides is 1. The minimum Gasteiger partial charge on any atom is -0.469 e. The van der Waals surface area contributed by atoms with Gasteiger partial charge in [0.15, 0.2) is 0 Å². The molecule has 0 spiro atoms. The number of benzene rings is 1. The van der Waals surface area contributed by atoms with Gasteiger partial charge >= 0.3 is 5.97 Å². The van der Waals surface area contributed by atoms with Crippen molar-refractivity contribution in [1.29, 1.82) is 0 Å². The van der Waals surface area contributed by atoms with Crippen LogP contribution in [0.5, 0.6) is 0 Å². The summed E-state index contributed by atoms with van der Waals surface area (Å²) < 4.78 is 4.63. The van der Waals surface area contributed by atoms with Crippen LogP contribution in [0.4, 0.5) is 0 Å². The number of aliphatic hydroxyl groups excluding tert-OH is 1. The molecular formula is C15H19ClN2O4. The molecule has 0 unspecified atom stereocenters. The van der Waals surface area contributed by atoms with Gasteiger partial charge in [0, 0.05) is 30.2 Å². The van der Waals surface area contributed by atoms with Crippen LogP contribution >= 0.6 is 11.6 Å². The summed E-state index contributed by atoms with van der Waals surface area (Å²) in [5, 5.41) is 13.6. The number of esters is 1. The lowest BCUT2D eigenvalue weighted by molar-refractivity contribution is -0.146. The smallest absolute Gasteiger partial charge is 0.307 e. The van der Waals surface area contributed by atoms with Crippen LogP contribution in [0.3, 0.4) is 0 Å². The van der Waals surface area contributed by atoms with Crippen LogP contribution in [-0.2, 0) is 14.3 Å². The van der Waals surface area contributed by atoms with Crippen molar-refractivity contribution in [3.63, 3.8) is 0 Å². The third-order valence-corrected chi connectivity index (χ3v) is 4.05. The third kappa shape index (κ3) is 3.97. The van der Waals surface area contributed by atoms with Gasteiger partial charge in [0.05, 0.1) is 25.7 Å². The van der Waals surface area contributed by atoms with Gasteiger partial charge in [0.2, 0.25) is 5.91 Å². The number of hydrogen-bond donors (Lipinski definition) is 2. The fourth-order valence-electron chi connectivity index (χ4n) is 2.51. The molecule has 1 heterocycles. The molecule has 0 bridgehead atoms. The number of carbonyl (C=O) groups is 2. The van der Waals surface area contributed by atoms with E-state index < -0.39 is 18.1 Å². The van der Waals surface area contributed by atoms with E-state index in [1.54, 1.807) is 29.2 Å². The number of piperazine rings is 1. The topological polar surface area (TPSA) is 78.9 Å². The highest BCUT2D eigenvalue weighted by Gasteiger charge is 2.33. The van der Waals surface area contributed by atoms with Crippen molar-refractivity contribution in [2.45, 2.75) is 18.6 Å². The number of hydrogen-bond acceptors (Lipinski definition) is 5. The van der Waals surface area contributed by atoms with Gasteiger partial charge < -0.3 is 15.2 Å². The Morgan fingerprint density at radius 2 is 2.27 bits per heavy atom.